The zero-order valence-electron chi connectivity index (χ0n) is 7.50. The van der Waals surface area contributed by atoms with Gasteiger partial charge in [-0.25, -0.2) is 0 Å². The van der Waals surface area contributed by atoms with Gasteiger partial charge in [0.05, 0.1) is 19.3 Å². The third-order valence-electron chi connectivity index (χ3n) is 2.10. The molecule has 11 heavy (non-hydrogen) atoms. The van der Waals surface area contributed by atoms with Crippen LogP contribution >= 0.6 is 0 Å². The Kier molecular flexibility index (Phi) is 2.52. The third-order valence-corrected chi connectivity index (χ3v) is 2.10. The van der Waals surface area contributed by atoms with Crippen LogP contribution in [0.2, 0.25) is 0 Å². The molecular formula is C8H17NO2. The van der Waals surface area contributed by atoms with E-state index < -0.39 is 0 Å². The Morgan fingerprint density at radius 2 is 2.09 bits per heavy atom. The van der Waals surface area contributed by atoms with Crippen LogP contribution in [0.25, 0.3) is 0 Å². The molecule has 0 saturated carbocycles. The molecule has 0 aromatic rings. The van der Waals surface area contributed by atoms with E-state index in [9.17, 15) is 5.21 Å². The molecule has 1 fully saturated rings. The summed E-state index contributed by atoms with van der Waals surface area (Å²) in [6, 6.07) is 0.135. The summed E-state index contributed by atoms with van der Waals surface area (Å²) in [5.74, 6) is 0. The lowest BCUT2D eigenvalue weighted by Crippen LogP contribution is -2.50. The Balaban J connectivity index is 2.55. The van der Waals surface area contributed by atoms with E-state index >= 15 is 0 Å². The van der Waals surface area contributed by atoms with E-state index in [-0.39, 0.29) is 11.5 Å². The number of rotatable bonds is 0. The van der Waals surface area contributed by atoms with E-state index in [4.69, 9.17) is 4.74 Å². The van der Waals surface area contributed by atoms with Gasteiger partial charge in [0.2, 0.25) is 0 Å². The Morgan fingerprint density at radius 3 is 2.45 bits per heavy atom. The number of nitrogens with zero attached hydrogens (tertiary/aromatic N) is 1. The standard InChI is InChI=1S/C8H17NO2/c1-8(2,3)7-6-11-5-4-9(7)10/h7,10H,4-6H2,1-3H3. The Labute approximate surface area is 67.9 Å². The maximum Gasteiger partial charge on any atom is 0.0650 e. The largest absolute Gasteiger partial charge is 0.378 e. The average Bonchev–Trinajstić information content (AvgIpc) is 1.86. The van der Waals surface area contributed by atoms with Gasteiger partial charge in [0.25, 0.3) is 0 Å². The molecule has 1 saturated heterocycles. The SMILES string of the molecule is CC(C)(C)C1COCCN1O. The fourth-order valence-corrected chi connectivity index (χ4v) is 1.29. The van der Waals surface area contributed by atoms with E-state index in [0.717, 1.165) is 0 Å². The van der Waals surface area contributed by atoms with Gasteiger partial charge in [0.1, 0.15) is 0 Å². The molecule has 0 aromatic heterocycles. The summed E-state index contributed by atoms with van der Waals surface area (Å²) < 4.78 is 5.28. The molecule has 0 aliphatic carbocycles. The van der Waals surface area contributed by atoms with Crippen LogP contribution < -0.4 is 0 Å². The maximum atomic E-state index is 9.46. The molecule has 1 N–H and O–H groups in total. The second-order valence-corrected chi connectivity index (χ2v) is 4.12. The minimum atomic E-state index is 0.0924. The van der Waals surface area contributed by atoms with Gasteiger partial charge in [-0.1, -0.05) is 20.8 Å². The van der Waals surface area contributed by atoms with Crippen molar-refractivity contribution in [2.75, 3.05) is 19.8 Å². The number of hydroxylamine groups is 2. The summed E-state index contributed by atoms with van der Waals surface area (Å²) in [5.41, 5.74) is 0.0924. The quantitative estimate of drug-likeness (QED) is 0.575. The molecule has 3 nitrogen and oxygen atoms in total. The Hall–Kier alpha value is -0.120. The fraction of sp³-hybridized carbons (Fsp3) is 1.00. The van der Waals surface area contributed by atoms with Crippen LogP contribution in [0.1, 0.15) is 20.8 Å². The monoisotopic (exact) mass is 159 g/mol. The number of hydrogen-bond acceptors (Lipinski definition) is 3. The molecule has 0 aromatic carbocycles. The first-order chi connectivity index (χ1) is 5.02. The van der Waals surface area contributed by atoms with Crippen molar-refractivity contribution in [1.82, 2.24) is 5.06 Å². The second kappa shape index (κ2) is 3.09. The molecule has 1 aliphatic heterocycles. The third kappa shape index (κ3) is 2.15. The summed E-state index contributed by atoms with van der Waals surface area (Å²) in [6.07, 6.45) is 0. The van der Waals surface area contributed by atoms with Gasteiger partial charge in [-0.15, -0.1) is 0 Å². The number of hydrogen-bond donors (Lipinski definition) is 1. The molecule has 1 atom stereocenters. The zero-order valence-corrected chi connectivity index (χ0v) is 7.50. The van der Waals surface area contributed by atoms with Gasteiger partial charge >= 0.3 is 0 Å². The average molecular weight is 159 g/mol. The molecule has 0 spiro atoms. The van der Waals surface area contributed by atoms with Crippen LogP contribution in [0, 0.1) is 5.41 Å². The lowest BCUT2D eigenvalue weighted by Gasteiger charge is -2.39. The highest BCUT2D eigenvalue weighted by molar-refractivity contribution is 4.81. The highest BCUT2D eigenvalue weighted by Crippen LogP contribution is 2.25. The second-order valence-electron chi connectivity index (χ2n) is 4.12. The maximum absolute atomic E-state index is 9.46. The zero-order chi connectivity index (χ0) is 8.48. The summed E-state index contributed by atoms with van der Waals surface area (Å²) in [6.45, 7) is 8.23. The molecule has 3 heteroatoms. The molecule has 66 valence electrons. The van der Waals surface area contributed by atoms with Crippen molar-refractivity contribution in [1.29, 1.82) is 0 Å². The fourth-order valence-electron chi connectivity index (χ4n) is 1.29. The molecule has 0 bridgehead atoms. The lowest BCUT2D eigenvalue weighted by molar-refractivity contribution is -0.205. The lowest BCUT2D eigenvalue weighted by atomic mass is 9.86. The van der Waals surface area contributed by atoms with Crippen LogP contribution in [0.4, 0.5) is 0 Å². The van der Waals surface area contributed by atoms with E-state index in [0.29, 0.717) is 19.8 Å². The van der Waals surface area contributed by atoms with Gasteiger partial charge in [-0.05, 0) is 5.41 Å². The molecular weight excluding hydrogens is 142 g/mol. The number of morpholine rings is 1. The summed E-state index contributed by atoms with van der Waals surface area (Å²) in [5, 5.41) is 10.9. The molecule has 1 unspecified atom stereocenters. The van der Waals surface area contributed by atoms with Gasteiger partial charge in [0, 0.05) is 6.54 Å². The number of ether oxygens (including phenoxy) is 1. The molecule has 0 amide bonds. The van der Waals surface area contributed by atoms with Crippen molar-refractivity contribution >= 4 is 0 Å². The molecule has 0 radical (unpaired) electrons. The van der Waals surface area contributed by atoms with Crippen LogP contribution in [0.3, 0.4) is 0 Å². The van der Waals surface area contributed by atoms with Crippen molar-refractivity contribution in [3.63, 3.8) is 0 Å². The topological polar surface area (TPSA) is 32.7 Å². The highest BCUT2D eigenvalue weighted by Gasteiger charge is 2.32. The van der Waals surface area contributed by atoms with E-state index in [2.05, 4.69) is 20.8 Å². The minimum absolute atomic E-state index is 0.0924. The van der Waals surface area contributed by atoms with Crippen LogP contribution in [0.5, 0.6) is 0 Å². The molecule has 1 rings (SSSR count). The van der Waals surface area contributed by atoms with E-state index in [1.165, 1.54) is 5.06 Å². The van der Waals surface area contributed by atoms with Crippen molar-refractivity contribution in [3.8, 4) is 0 Å². The van der Waals surface area contributed by atoms with E-state index in [1.54, 1.807) is 0 Å². The first-order valence-corrected chi connectivity index (χ1v) is 4.05. The first-order valence-electron chi connectivity index (χ1n) is 4.05. The van der Waals surface area contributed by atoms with Gasteiger partial charge in [0.15, 0.2) is 0 Å². The summed E-state index contributed by atoms with van der Waals surface area (Å²) in [7, 11) is 0. The summed E-state index contributed by atoms with van der Waals surface area (Å²) in [4.78, 5) is 0. The van der Waals surface area contributed by atoms with E-state index in [1.807, 2.05) is 0 Å². The Morgan fingerprint density at radius 1 is 1.45 bits per heavy atom. The first kappa shape index (κ1) is 8.97. The predicted molar refractivity (Wildman–Crippen MR) is 42.6 cm³/mol. The normalized spacial score (nSPS) is 28.9. The van der Waals surface area contributed by atoms with Crippen molar-refractivity contribution < 1.29 is 9.94 Å². The van der Waals surface area contributed by atoms with Crippen LogP contribution in [-0.2, 0) is 4.74 Å². The minimum Gasteiger partial charge on any atom is -0.378 e. The van der Waals surface area contributed by atoms with Crippen molar-refractivity contribution in [2.45, 2.75) is 26.8 Å². The van der Waals surface area contributed by atoms with Gasteiger partial charge in [-0.3, -0.25) is 0 Å². The van der Waals surface area contributed by atoms with Crippen molar-refractivity contribution in [3.05, 3.63) is 0 Å². The summed E-state index contributed by atoms with van der Waals surface area (Å²) >= 11 is 0. The van der Waals surface area contributed by atoms with Gasteiger partial charge in [-0.2, -0.15) is 5.06 Å². The molecule has 1 heterocycles. The molecule has 1 aliphatic rings. The van der Waals surface area contributed by atoms with Gasteiger partial charge < -0.3 is 9.94 Å². The Bertz CT molecular complexity index is 131. The highest BCUT2D eigenvalue weighted by atomic mass is 16.5. The van der Waals surface area contributed by atoms with Crippen LogP contribution in [0.15, 0.2) is 0 Å². The smallest absolute Gasteiger partial charge is 0.0650 e. The van der Waals surface area contributed by atoms with Crippen molar-refractivity contribution in [2.24, 2.45) is 5.41 Å². The predicted octanol–water partition coefficient (Wildman–Crippen LogP) is 1.12. The van der Waals surface area contributed by atoms with Crippen LogP contribution in [-0.4, -0.2) is 36.1 Å².